The fourth-order valence-electron chi connectivity index (χ4n) is 3.20. The molecule has 2 N–H and O–H groups in total. The molecule has 0 fully saturated rings. The fraction of sp³-hybridized carbons (Fsp3) is 0.125. The minimum absolute atomic E-state index is 0.0797. The topological polar surface area (TPSA) is 71.1 Å². The van der Waals surface area contributed by atoms with Crippen molar-refractivity contribution in [3.8, 4) is 11.3 Å². The van der Waals surface area contributed by atoms with E-state index in [1.54, 1.807) is 6.07 Å². The summed E-state index contributed by atoms with van der Waals surface area (Å²) in [5.74, 6) is -0.223. The van der Waals surface area contributed by atoms with Crippen molar-refractivity contribution in [2.24, 2.45) is 0 Å². The van der Waals surface area contributed by atoms with Crippen LogP contribution in [0.3, 0.4) is 0 Å². The van der Waals surface area contributed by atoms with Gasteiger partial charge in [-0.3, -0.25) is 9.59 Å². The van der Waals surface area contributed by atoms with Crippen LogP contribution >= 0.6 is 11.3 Å². The first-order valence-corrected chi connectivity index (χ1v) is 10.7. The molecule has 0 saturated carbocycles. The zero-order valence-electron chi connectivity index (χ0n) is 16.3. The molecule has 0 atom stereocenters. The number of hydrogen-bond acceptors (Lipinski definition) is 4. The highest BCUT2D eigenvalue weighted by atomic mass is 32.1. The van der Waals surface area contributed by atoms with Crippen LogP contribution in [-0.2, 0) is 0 Å². The Balaban J connectivity index is 1.43. The fourth-order valence-corrected chi connectivity index (χ4v) is 3.84. The summed E-state index contributed by atoms with van der Waals surface area (Å²) in [6.45, 7) is 0.976. The Morgan fingerprint density at radius 2 is 1.57 bits per heavy atom. The van der Waals surface area contributed by atoms with Gasteiger partial charge in [0, 0.05) is 24.0 Å². The SMILES string of the molecule is O=C(NCCCNC(=O)c1cc(-c2ccccc2)nc2ccccc12)c1cccs1. The summed E-state index contributed by atoms with van der Waals surface area (Å²) in [4.78, 5) is 30.3. The molecule has 0 aliphatic heterocycles. The number of hydrogen-bond donors (Lipinski definition) is 2. The number of fused-ring (bicyclic) bond motifs is 1. The molecule has 4 aromatic rings. The number of aromatic nitrogens is 1. The lowest BCUT2D eigenvalue weighted by Crippen LogP contribution is -2.29. The number of nitrogens with zero attached hydrogens (tertiary/aromatic N) is 1. The first kappa shape index (κ1) is 19.8. The third-order valence-electron chi connectivity index (χ3n) is 4.70. The van der Waals surface area contributed by atoms with Crippen LogP contribution in [0, 0.1) is 0 Å². The van der Waals surface area contributed by atoms with Crippen molar-refractivity contribution >= 4 is 34.1 Å². The molecular weight excluding hydrogens is 394 g/mol. The van der Waals surface area contributed by atoms with Crippen LogP contribution in [0.15, 0.2) is 78.2 Å². The van der Waals surface area contributed by atoms with Crippen molar-refractivity contribution in [3.63, 3.8) is 0 Å². The van der Waals surface area contributed by atoms with E-state index in [0.717, 1.165) is 22.2 Å². The maximum atomic E-state index is 12.9. The van der Waals surface area contributed by atoms with E-state index in [1.807, 2.05) is 72.1 Å². The van der Waals surface area contributed by atoms with Crippen molar-refractivity contribution in [2.75, 3.05) is 13.1 Å². The van der Waals surface area contributed by atoms with Crippen molar-refractivity contribution in [1.82, 2.24) is 15.6 Å². The van der Waals surface area contributed by atoms with E-state index < -0.39 is 0 Å². The van der Waals surface area contributed by atoms with E-state index in [9.17, 15) is 9.59 Å². The molecule has 0 unspecified atom stereocenters. The zero-order valence-corrected chi connectivity index (χ0v) is 17.1. The number of para-hydroxylation sites is 1. The normalized spacial score (nSPS) is 10.7. The molecule has 0 radical (unpaired) electrons. The lowest BCUT2D eigenvalue weighted by molar-refractivity contribution is 0.0954. The third-order valence-corrected chi connectivity index (χ3v) is 5.57. The van der Waals surface area contributed by atoms with Gasteiger partial charge in [0.05, 0.1) is 21.7 Å². The molecule has 0 bridgehead atoms. The second-order valence-corrected chi connectivity index (χ2v) is 7.73. The van der Waals surface area contributed by atoms with E-state index >= 15 is 0 Å². The molecule has 5 nitrogen and oxygen atoms in total. The predicted molar refractivity (Wildman–Crippen MR) is 121 cm³/mol. The molecular formula is C24H21N3O2S. The summed E-state index contributed by atoms with van der Waals surface area (Å²) in [7, 11) is 0. The van der Waals surface area contributed by atoms with Gasteiger partial charge in [0.1, 0.15) is 0 Å². The van der Waals surface area contributed by atoms with Crippen LogP contribution in [0.2, 0.25) is 0 Å². The zero-order chi connectivity index (χ0) is 20.8. The Labute approximate surface area is 178 Å². The van der Waals surface area contributed by atoms with Gasteiger partial charge < -0.3 is 10.6 Å². The Hall–Kier alpha value is -3.51. The van der Waals surface area contributed by atoms with Crippen molar-refractivity contribution < 1.29 is 9.59 Å². The van der Waals surface area contributed by atoms with Crippen molar-refractivity contribution in [3.05, 3.63) is 88.6 Å². The van der Waals surface area contributed by atoms with Gasteiger partial charge in [-0.25, -0.2) is 4.98 Å². The smallest absolute Gasteiger partial charge is 0.261 e. The van der Waals surface area contributed by atoms with Crippen LogP contribution in [0.4, 0.5) is 0 Å². The molecule has 6 heteroatoms. The highest BCUT2D eigenvalue weighted by Crippen LogP contribution is 2.24. The number of carbonyl (C=O) groups excluding carboxylic acids is 2. The largest absolute Gasteiger partial charge is 0.352 e. The second kappa shape index (κ2) is 9.33. The van der Waals surface area contributed by atoms with Gasteiger partial charge >= 0.3 is 0 Å². The Morgan fingerprint density at radius 1 is 0.833 bits per heavy atom. The molecule has 2 heterocycles. The van der Waals surface area contributed by atoms with Crippen molar-refractivity contribution in [1.29, 1.82) is 0 Å². The highest BCUT2D eigenvalue weighted by Gasteiger charge is 2.13. The van der Waals surface area contributed by atoms with Gasteiger partial charge in [0.2, 0.25) is 0 Å². The van der Waals surface area contributed by atoms with Crippen LogP contribution < -0.4 is 10.6 Å². The monoisotopic (exact) mass is 415 g/mol. The summed E-state index contributed by atoms with van der Waals surface area (Å²) in [6.07, 6.45) is 0.650. The van der Waals surface area contributed by atoms with Gasteiger partial charge in [0.25, 0.3) is 11.8 Å². The molecule has 0 aliphatic carbocycles. The summed E-state index contributed by atoms with van der Waals surface area (Å²) in [5, 5.41) is 8.52. The maximum absolute atomic E-state index is 12.9. The van der Waals surface area contributed by atoms with E-state index in [0.29, 0.717) is 30.0 Å². The number of nitrogens with one attached hydrogen (secondary N) is 2. The quantitative estimate of drug-likeness (QED) is 0.436. The Morgan fingerprint density at radius 3 is 2.33 bits per heavy atom. The minimum atomic E-state index is -0.143. The average molecular weight is 416 g/mol. The predicted octanol–water partition coefficient (Wildman–Crippen LogP) is 4.51. The minimum Gasteiger partial charge on any atom is -0.352 e. The number of carbonyl (C=O) groups is 2. The summed E-state index contributed by atoms with van der Waals surface area (Å²) in [6, 6.07) is 23.0. The van der Waals surface area contributed by atoms with Crippen LogP contribution in [-0.4, -0.2) is 29.9 Å². The highest BCUT2D eigenvalue weighted by molar-refractivity contribution is 7.12. The molecule has 30 heavy (non-hydrogen) atoms. The van der Waals surface area contributed by atoms with Gasteiger partial charge in [0.15, 0.2) is 0 Å². The molecule has 2 aromatic carbocycles. The number of pyridine rings is 1. The number of thiophene rings is 1. The van der Waals surface area contributed by atoms with Gasteiger partial charge in [-0.15, -0.1) is 11.3 Å². The molecule has 4 rings (SSSR count). The lowest BCUT2D eigenvalue weighted by atomic mass is 10.0. The Kier molecular flexibility index (Phi) is 6.15. The number of benzene rings is 2. The number of rotatable bonds is 7. The van der Waals surface area contributed by atoms with Gasteiger partial charge in [-0.2, -0.15) is 0 Å². The van der Waals surface area contributed by atoms with Crippen molar-refractivity contribution in [2.45, 2.75) is 6.42 Å². The van der Waals surface area contributed by atoms with E-state index in [1.165, 1.54) is 11.3 Å². The molecule has 0 spiro atoms. The molecule has 2 aromatic heterocycles. The maximum Gasteiger partial charge on any atom is 0.261 e. The first-order valence-electron chi connectivity index (χ1n) is 9.77. The second-order valence-electron chi connectivity index (χ2n) is 6.78. The molecule has 150 valence electrons. The van der Waals surface area contributed by atoms with Crippen LogP contribution in [0.5, 0.6) is 0 Å². The molecule has 2 amide bonds. The molecule has 0 saturated heterocycles. The van der Waals surface area contributed by atoms with E-state index in [-0.39, 0.29) is 11.8 Å². The standard InChI is InChI=1S/C24H21N3O2S/c28-23(25-13-7-14-26-24(29)22-12-6-15-30-22)19-16-21(17-8-2-1-3-9-17)27-20-11-5-4-10-18(19)20/h1-6,8-12,15-16H,7,13-14H2,(H,25,28)(H,26,29). The molecule has 0 aliphatic rings. The van der Waals surface area contributed by atoms with Crippen LogP contribution in [0.25, 0.3) is 22.2 Å². The summed E-state index contributed by atoms with van der Waals surface area (Å²) >= 11 is 1.41. The first-order chi connectivity index (χ1) is 14.7. The summed E-state index contributed by atoms with van der Waals surface area (Å²) in [5.41, 5.74) is 3.12. The lowest BCUT2D eigenvalue weighted by Gasteiger charge is -2.11. The summed E-state index contributed by atoms with van der Waals surface area (Å²) < 4.78 is 0. The van der Waals surface area contributed by atoms with Gasteiger partial charge in [-0.05, 0) is 30.0 Å². The third kappa shape index (κ3) is 4.55. The van der Waals surface area contributed by atoms with Gasteiger partial charge in [-0.1, -0.05) is 54.6 Å². The van der Waals surface area contributed by atoms with E-state index in [2.05, 4.69) is 10.6 Å². The van der Waals surface area contributed by atoms with E-state index in [4.69, 9.17) is 4.98 Å². The van der Waals surface area contributed by atoms with Crippen LogP contribution in [0.1, 0.15) is 26.5 Å². The average Bonchev–Trinajstić information content (AvgIpc) is 3.33. The number of amides is 2. The Bertz CT molecular complexity index is 1160.